The van der Waals surface area contributed by atoms with Crippen molar-refractivity contribution in [3.63, 3.8) is 0 Å². The van der Waals surface area contributed by atoms with Gasteiger partial charge in [0.25, 0.3) is 0 Å². The van der Waals surface area contributed by atoms with E-state index < -0.39 is 0 Å². The average molecular weight is 207 g/mol. The van der Waals surface area contributed by atoms with Crippen LogP contribution >= 0.6 is 0 Å². The molecule has 0 fully saturated rings. The Hall–Kier alpha value is -1.18. The Morgan fingerprint density at radius 2 is 1.80 bits per heavy atom. The molecule has 0 aliphatic heterocycles. The van der Waals surface area contributed by atoms with Gasteiger partial charge in [-0.05, 0) is 30.9 Å². The summed E-state index contributed by atoms with van der Waals surface area (Å²) in [6.45, 7) is 11.3. The zero-order chi connectivity index (χ0) is 11.6. The summed E-state index contributed by atoms with van der Waals surface area (Å²) in [5.74, 6) is 0.397. The monoisotopic (exact) mass is 207 g/mol. The standard InChI is InChI=1S/C13H21NO/c1-9-6-7-11(10(2)12(9)15)14-8-13(3,4)5/h6-7,14-15H,8H2,1-5H3. The van der Waals surface area contributed by atoms with Gasteiger partial charge in [0, 0.05) is 17.8 Å². The molecule has 0 aliphatic rings. The molecule has 0 saturated carbocycles. The molecule has 0 atom stereocenters. The molecule has 84 valence electrons. The highest BCUT2D eigenvalue weighted by atomic mass is 16.3. The third kappa shape index (κ3) is 3.15. The van der Waals surface area contributed by atoms with Crippen molar-refractivity contribution in [2.24, 2.45) is 5.41 Å². The molecule has 0 bridgehead atoms. The van der Waals surface area contributed by atoms with Crippen LogP contribution in [-0.2, 0) is 0 Å². The predicted octanol–water partition coefficient (Wildman–Crippen LogP) is 3.47. The van der Waals surface area contributed by atoms with Crippen LogP contribution in [0.25, 0.3) is 0 Å². The smallest absolute Gasteiger partial charge is 0.123 e. The van der Waals surface area contributed by atoms with E-state index in [0.717, 1.165) is 23.4 Å². The molecule has 0 aromatic heterocycles. The van der Waals surface area contributed by atoms with Gasteiger partial charge in [0.2, 0.25) is 0 Å². The van der Waals surface area contributed by atoms with Crippen LogP contribution in [-0.4, -0.2) is 11.7 Å². The van der Waals surface area contributed by atoms with Crippen molar-refractivity contribution in [2.75, 3.05) is 11.9 Å². The van der Waals surface area contributed by atoms with Gasteiger partial charge in [-0.25, -0.2) is 0 Å². The molecule has 0 radical (unpaired) electrons. The van der Waals surface area contributed by atoms with Crippen LogP contribution in [0.5, 0.6) is 5.75 Å². The van der Waals surface area contributed by atoms with E-state index in [-0.39, 0.29) is 5.41 Å². The second kappa shape index (κ2) is 4.13. The summed E-state index contributed by atoms with van der Waals surface area (Å²) in [5, 5.41) is 13.1. The summed E-state index contributed by atoms with van der Waals surface area (Å²) in [7, 11) is 0. The molecule has 2 nitrogen and oxygen atoms in total. The normalized spacial score (nSPS) is 11.5. The fourth-order valence-corrected chi connectivity index (χ4v) is 1.39. The van der Waals surface area contributed by atoms with E-state index in [1.807, 2.05) is 26.0 Å². The van der Waals surface area contributed by atoms with Crippen LogP contribution in [0.3, 0.4) is 0 Å². The minimum Gasteiger partial charge on any atom is -0.507 e. The number of hydrogen-bond acceptors (Lipinski definition) is 2. The van der Waals surface area contributed by atoms with Crippen molar-refractivity contribution in [1.82, 2.24) is 0 Å². The van der Waals surface area contributed by atoms with E-state index in [0.29, 0.717) is 5.75 Å². The summed E-state index contributed by atoms with van der Waals surface area (Å²) in [6.07, 6.45) is 0. The number of phenolic OH excluding ortho intramolecular Hbond substituents is 1. The first-order valence-corrected chi connectivity index (χ1v) is 5.34. The molecule has 0 heterocycles. The molecule has 1 rings (SSSR count). The van der Waals surface area contributed by atoms with Gasteiger partial charge in [0.05, 0.1) is 0 Å². The van der Waals surface area contributed by atoms with E-state index in [1.165, 1.54) is 0 Å². The van der Waals surface area contributed by atoms with E-state index in [2.05, 4.69) is 26.1 Å². The van der Waals surface area contributed by atoms with Crippen molar-refractivity contribution in [1.29, 1.82) is 0 Å². The van der Waals surface area contributed by atoms with Gasteiger partial charge in [-0.15, -0.1) is 0 Å². The van der Waals surface area contributed by atoms with Crippen molar-refractivity contribution in [3.8, 4) is 5.75 Å². The Kier molecular flexibility index (Phi) is 3.28. The van der Waals surface area contributed by atoms with Crippen LogP contribution in [0.2, 0.25) is 0 Å². The molecule has 2 heteroatoms. The number of nitrogens with one attached hydrogen (secondary N) is 1. The number of aromatic hydroxyl groups is 1. The first-order chi connectivity index (χ1) is 6.81. The molecule has 1 aromatic rings. The third-order valence-electron chi connectivity index (χ3n) is 2.44. The first kappa shape index (κ1) is 11.9. The van der Waals surface area contributed by atoms with Gasteiger partial charge in [-0.3, -0.25) is 0 Å². The fraction of sp³-hybridized carbons (Fsp3) is 0.538. The molecule has 0 saturated heterocycles. The van der Waals surface area contributed by atoms with E-state index >= 15 is 0 Å². The van der Waals surface area contributed by atoms with Gasteiger partial charge in [0.1, 0.15) is 5.75 Å². The van der Waals surface area contributed by atoms with Gasteiger partial charge in [0.15, 0.2) is 0 Å². The maximum Gasteiger partial charge on any atom is 0.123 e. The molecule has 1 aromatic carbocycles. The Morgan fingerprint density at radius 3 is 2.33 bits per heavy atom. The lowest BCUT2D eigenvalue weighted by Crippen LogP contribution is -2.19. The highest BCUT2D eigenvalue weighted by Gasteiger charge is 2.11. The van der Waals surface area contributed by atoms with Crippen LogP contribution in [0, 0.1) is 19.3 Å². The molecule has 15 heavy (non-hydrogen) atoms. The van der Waals surface area contributed by atoms with Crippen molar-refractivity contribution >= 4 is 5.69 Å². The number of anilines is 1. The molecule has 0 amide bonds. The second-order valence-corrected chi connectivity index (χ2v) is 5.32. The van der Waals surface area contributed by atoms with Crippen molar-refractivity contribution < 1.29 is 5.11 Å². The van der Waals surface area contributed by atoms with E-state index in [1.54, 1.807) is 0 Å². The molecular formula is C13H21NO. The highest BCUT2D eigenvalue weighted by molar-refractivity contribution is 5.59. The number of phenols is 1. The Labute approximate surface area is 92.3 Å². The second-order valence-electron chi connectivity index (χ2n) is 5.32. The lowest BCUT2D eigenvalue weighted by atomic mass is 9.96. The number of benzene rings is 1. The summed E-state index contributed by atoms with van der Waals surface area (Å²) in [6, 6.07) is 3.96. The van der Waals surface area contributed by atoms with Crippen molar-refractivity contribution in [3.05, 3.63) is 23.3 Å². The van der Waals surface area contributed by atoms with Crippen molar-refractivity contribution in [2.45, 2.75) is 34.6 Å². The Morgan fingerprint density at radius 1 is 1.20 bits per heavy atom. The molecule has 0 aliphatic carbocycles. The summed E-state index contributed by atoms with van der Waals surface area (Å²) in [4.78, 5) is 0. The highest BCUT2D eigenvalue weighted by Crippen LogP contribution is 2.28. The quantitative estimate of drug-likeness (QED) is 0.778. The van der Waals surface area contributed by atoms with Crippen LogP contribution < -0.4 is 5.32 Å². The summed E-state index contributed by atoms with van der Waals surface area (Å²) >= 11 is 0. The minimum absolute atomic E-state index is 0.243. The Balaban J connectivity index is 2.83. The van der Waals surface area contributed by atoms with Gasteiger partial charge in [-0.1, -0.05) is 26.8 Å². The summed E-state index contributed by atoms with van der Waals surface area (Å²) in [5.41, 5.74) is 3.12. The first-order valence-electron chi connectivity index (χ1n) is 5.34. The zero-order valence-electron chi connectivity index (χ0n) is 10.3. The largest absolute Gasteiger partial charge is 0.507 e. The van der Waals surface area contributed by atoms with Gasteiger partial charge >= 0.3 is 0 Å². The van der Waals surface area contributed by atoms with Crippen LogP contribution in [0.15, 0.2) is 12.1 Å². The number of hydrogen-bond donors (Lipinski definition) is 2. The SMILES string of the molecule is Cc1ccc(NCC(C)(C)C)c(C)c1O. The maximum atomic E-state index is 9.78. The van der Waals surface area contributed by atoms with Crippen LogP contribution in [0.1, 0.15) is 31.9 Å². The third-order valence-corrected chi connectivity index (χ3v) is 2.44. The topological polar surface area (TPSA) is 32.3 Å². The minimum atomic E-state index is 0.243. The van der Waals surface area contributed by atoms with E-state index in [9.17, 15) is 5.11 Å². The molecule has 0 spiro atoms. The van der Waals surface area contributed by atoms with E-state index in [4.69, 9.17) is 0 Å². The average Bonchev–Trinajstić information content (AvgIpc) is 2.12. The van der Waals surface area contributed by atoms with Crippen LogP contribution in [0.4, 0.5) is 5.69 Å². The number of aryl methyl sites for hydroxylation is 1. The lowest BCUT2D eigenvalue weighted by Gasteiger charge is -2.21. The summed E-state index contributed by atoms with van der Waals surface area (Å²) < 4.78 is 0. The lowest BCUT2D eigenvalue weighted by molar-refractivity contribution is 0.442. The molecular weight excluding hydrogens is 186 g/mol. The predicted molar refractivity (Wildman–Crippen MR) is 65.5 cm³/mol. The Bertz CT molecular complexity index is 350. The zero-order valence-corrected chi connectivity index (χ0v) is 10.3. The molecule has 0 unspecified atom stereocenters. The van der Waals surface area contributed by atoms with Gasteiger partial charge in [-0.2, -0.15) is 0 Å². The molecule has 2 N–H and O–H groups in total. The van der Waals surface area contributed by atoms with Gasteiger partial charge < -0.3 is 10.4 Å². The fourth-order valence-electron chi connectivity index (χ4n) is 1.39. The maximum absolute atomic E-state index is 9.78. The number of rotatable bonds is 2.